The lowest BCUT2D eigenvalue weighted by Gasteiger charge is -2.18. The lowest BCUT2D eigenvalue weighted by Crippen LogP contribution is -2.28. The van der Waals surface area contributed by atoms with Crippen molar-refractivity contribution in [1.29, 1.82) is 0 Å². The minimum atomic E-state index is 0.0666. The van der Waals surface area contributed by atoms with Gasteiger partial charge in [0.15, 0.2) is 0 Å². The number of benzene rings is 2. The molecule has 1 amide bonds. The van der Waals surface area contributed by atoms with E-state index in [1.807, 2.05) is 67.1 Å². The first-order valence-corrected chi connectivity index (χ1v) is 10.2. The number of aromatic amines is 1. The minimum Gasteiger partial charge on any atom is -0.361 e. The van der Waals surface area contributed by atoms with Crippen LogP contribution in [0.3, 0.4) is 0 Å². The quantitative estimate of drug-likeness (QED) is 0.418. The standard InChI is InChI=1S/C24H24ClN3O/c25-21-9-7-18(8-10-21)20(17-28-13-3-4-14-28)15-24(29)26-12-11-19-16-27-23-6-2-1-5-22(19)23/h1-10,13-14,16,20,27H,11-12,15,17H2,(H,26,29)/t20-/m0/s1. The Bertz CT molecular complexity index is 1070. The van der Waals surface area contributed by atoms with E-state index in [0.29, 0.717) is 18.0 Å². The van der Waals surface area contributed by atoms with Gasteiger partial charge in [0.25, 0.3) is 0 Å². The highest BCUT2D eigenvalue weighted by Gasteiger charge is 2.17. The number of para-hydroxylation sites is 1. The maximum atomic E-state index is 12.7. The molecule has 1 atom stereocenters. The van der Waals surface area contributed by atoms with Crippen molar-refractivity contribution >= 4 is 28.4 Å². The second kappa shape index (κ2) is 9.01. The van der Waals surface area contributed by atoms with Crippen LogP contribution in [-0.2, 0) is 17.8 Å². The zero-order chi connectivity index (χ0) is 20.1. The predicted molar refractivity (Wildman–Crippen MR) is 118 cm³/mol. The van der Waals surface area contributed by atoms with Gasteiger partial charge in [-0.3, -0.25) is 4.79 Å². The van der Waals surface area contributed by atoms with Crippen LogP contribution in [-0.4, -0.2) is 22.0 Å². The van der Waals surface area contributed by atoms with Gasteiger partial charge < -0.3 is 14.9 Å². The lowest BCUT2D eigenvalue weighted by atomic mass is 9.95. The summed E-state index contributed by atoms with van der Waals surface area (Å²) in [6.07, 6.45) is 7.32. The number of hydrogen-bond donors (Lipinski definition) is 2. The summed E-state index contributed by atoms with van der Waals surface area (Å²) in [6.45, 7) is 1.38. The highest BCUT2D eigenvalue weighted by molar-refractivity contribution is 6.30. The van der Waals surface area contributed by atoms with E-state index in [1.165, 1.54) is 10.9 Å². The van der Waals surface area contributed by atoms with Crippen LogP contribution in [0.1, 0.15) is 23.5 Å². The van der Waals surface area contributed by atoms with E-state index in [9.17, 15) is 4.79 Å². The van der Waals surface area contributed by atoms with Crippen molar-refractivity contribution in [2.45, 2.75) is 25.3 Å². The van der Waals surface area contributed by atoms with E-state index in [2.05, 4.69) is 27.0 Å². The molecule has 0 fully saturated rings. The normalized spacial score (nSPS) is 12.2. The molecule has 0 radical (unpaired) electrons. The molecule has 0 saturated heterocycles. The van der Waals surface area contributed by atoms with E-state index in [4.69, 9.17) is 11.6 Å². The van der Waals surface area contributed by atoms with Crippen molar-refractivity contribution in [1.82, 2.24) is 14.9 Å². The van der Waals surface area contributed by atoms with Crippen molar-refractivity contribution in [3.05, 3.63) is 95.4 Å². The summed E-state index contributed by atoms with van der Waals surface area (Å²) in [6, 6.07) is 20.0. The topological polar surface area (TPSA) is 49.8 Å². The van der Waals surface area contributed by atoms with Crippen LogP contribution in [0, 0.1) is 0 Å². The molecule has 148 valence electrons. The Morgan fingerprint density at radius 2 is 1.79 bits per heavy atom. The van der Waals surface area contributed by atoms with Gasteiger partial charge in [0.1, 0.15) is 0 Å². The van der Waals surface area contributed by atoms with Crippen molar-refractivity contribution in [2.75, 3.05) is 6.54 Å². The molecule has 29 heavy (non-hydrogen) atoms. The summed E-state index contributed by atoms with van der Waals surface area (Å²) in [5.74, 6) is 0.157. The van der Waals surface area contributed by atoms with Crippen LogP contribution >= 0.6 is 11.6 Å². The average Bonchev–Trinajstić information content (AvgIpc) is 3.38. The Morgan fingerprint density at radius 3 is 2.59 bits per heavy atom. The average molecular weight is 406 g/mol. The number of halogens is 1. The Hall–Kier alpha value is -2.98. The monoisotopic (exact) mass is 405 g/mol. The number of amides is 1. The van der Waals surface area contributed by atoms with E-state index in [-0.39, 0.29) is 11.8 Å². The molecule has 2 heterocycles. The van der Waals surface area contributed by atoms with Crippen molar-refractivity contribution in [3.8, 4) is 0 Å². The number of rotatable bonds is 8. The molecule has 0 spiro atoms. The highest BCUT2D eigenvalue weighted by Crippen LogP contribution is 2.24. The summed E-state index contributed by atoms with van der Waals surface area (Å²) in [7, 11) is 0. The first-order valence-electron chi connectivity index (χ1n) is 9.87. The van der Waals surface area contributed by atoms with Gasteiger partial charge in [-0.15, -0.1) is 0 Å². The predicted octanol–water partition coefficient (Wildman–Crippen LogP) is 5.16. The Kier molecular flexibility index (Phi) is 6.01. The molecule has 0 bridgehead atoms. The molecule has 0 saturated carbocycles. The van der Waals surface area contributed by atoms with E-state index in [0.717, 1.165) is 24.0 Å². The zero-order valence-electron chi connectivity index (χ0n) is 16.1. The number of hydrogen-bond acceptors (Lipinski definition) is 1. The van der Waals surface area contributed by atoms with Crippen molar-refractivity contribution in [3.63, 3.8) is 0 Å². The van der Waals surface area contributed by atoms with E-state index >= 15 is 0 Å². The largest absolute Gasteiger partial charge is 0.361 e. The first-order chi connectivity index (χ1) is 14.2. The molecule has 4 nitrogen and oxygen atoms in total. The molecule has 0 aliphatic heterocycles. The number of aromatic nitrogens is 2. The van der Waals surface area contributed by atoms with Crippen molar-refractivity contribution < 1.29 is 4.79 Å². The van der Waals surface area contributed by atoms with E-state index < -0.39 is 0 Å². The Labute approximate surface area is 175 Å². The number of nitrogens with zero attached hydrogens (tertiary/aromatic N) is 1. The summed E-state index contributed by atoms with van der Waals surface area (Å²) in [4.78, 5) is 15.9. The molecule has 0 unspecified atom stereocenters. The molecule has 2 N–H and O–H groups in total. The fourth-order valence-corrected chi connectivity index (χ4v) is 3.87. The Morgan fingerprint density at radius 1 is 1.03 bits per heavy atom. The van der Waals surface area contributed by atoms with Gasteiger partial charge in [-0.2, -0.15) is 0 Å². The van der Waals surface area contributed by atoms with Crippen LogP contribution in [0.25, 0.3) is 10.9 Å². The highest BCUT2D eigenvalue weighted by atomic mass is 35.5. The number of nitrogens with one attached hydrogen (secondary N) is 2. The van der Waals surface area contributed by atoms with Gasteiger partial charge in [-0.1, -0.05) is 41.9 Å². The molecule has 0 aliphatic carbocycles. The molecule has 4 aromatic rings. The van der Waals surface area contributed by atoms with Gasteiger partial charge in [0.05, 0.1) is 0 Å². The second-order valence-electron chi connectivity index (χ2n) is 7.29. The second-order valence-corrected chi connectivity index (χ2v) is 7.73. The summed E-state index contributed by atoms with van der Waals surface area (Å²) in [5.41, 5.74) is 3.47. The summed E-state index contributed by atoms with van der Waals surface area (Å²) >= 11 is 6.04. The number of fused-ring (bicyclic) bond motifs is 1. The maximum absolute atomic E-state index is 12.7. The van der Waals surface area contributed by atoms with Crippen LogP contribution in [0.2, 0.25) is 5.02 Å². The summed E-state index contributed by atoms with van der Waals surface area (Å²) in [5, 5.41) is 5.01. The number of carbonyl (C=O) groups is 1. The van der Waals surface area contributed by atoms with Gasteiger partial charge in [0.2, 0.25) is 5.91 Å². The fourth-order valence-electron chi connectivity index (χ4n) is 3.74. The third-order valence-electron chi connectivity index (χ3n) is 5.26. The molecule has 2 aromatic heterocycles. The van der Waals surface area contributed by atoms with Crippen LogP contribution in [0.5, 0.6) is 0 Å². The third kappa shape index (κ3) is 4.90. The van der Waals surface area contributed by atoms with Crippen molar-refractivity contribution in [2.24, 2.45) is 0 Å². The molecular weight excluding hydrogens is 382 g/mol. The number of H-pyrrole nitrogens is 1. The molecular formula is C24H24ClN3O. The van der Waals surface area contributed by atoms with Crippen LogP contribution in [0.15, 0.2) is 79.3 Å². The zero-order valence-corrected chi connectivity index (χ0v) is 16.9. The maximum Gasteiger partial charge on any atom is 0.220 e. The van der Waals surface area contributed by atoms with Gasteiger partial charge in [-0.05, 0) is 47.9 Å². The first kappa shape index (κ1) is 19.3. The molecule has 4 rings (SSSR count). The van der Waals surface area contributed by atoms with Gasteiger partial charge >= 0.3 is 0 Å². The molecule has 5 heteroatoms. The van der Waals surface area contributed by atoms with Crippen LogP contribution < -0.4 is 5.32 Å². The lowest BCUT2D eigenvalue weighted by molar-refractivity contribution is -0.121. The Balaban J connectivity index is 1.37. The summed E-state index contributed by atoms with van der Waals surface area (Å²) < 4.78 is 2.11. The van der Waals surface area contributed by atoms with Gasteiger partial charge in [0, 0.05) is 59.9 Å². The molecule has 0 aliphatic rings. The fraction of sp³-hybridized carbons (Fsp3) is 0.208. The van der Waals surface area contributed by atoms with E-state index in [1.54, 1.807) is 0 Å². The smallest absolute Gasteiger partial charge is 0.220 e. The van der Waals surface area contributed by atoms with Crippen LogP contribution in [0.4, 0.5) is 0 Å². The minimum absolute atomic E-state index is 0.0666. The number of carbonyl (C=O) groups excluding carboxylic acids is 1. The molecule has 2 aromatic carbocycles. The van der Waals surface area contributed by atoms with Gasteiger partial charge in [-0.25, -0.2) is 0 Å². The third-order valence-corrected chi connectivity index (χ3v) is 5.51. The SMILES string of the molecule is O=C(C[C@@H](Cn1cccc1)c1ccc(Cl)cc1)NCCc1c[nH]c2ccccc12.